The number of fused-ring (bicyclic) bond motifs is 1. The molecule has 188 valence electrons. The van der Waals surface area contributed by atoms with Gasteiger partial charge in [-0.05, 0) is 56.8 Å². The Kier molecular flexibility index (Phi) is 9.80. The average molecular weight is 522 g/mol. The van der Waals surface area contributed by atoms with Crippen LogP contribution in [-0.2, 0) is 32.6 Å². The largest absolute Gasteiger partial charge is 0.510 e. The van der Waals surface area contributed by atoms with Crippen molar-refractivity contribution in [2.45, 2.75) is 45.8 Å². The van der Waals surface area contributed by atoms with Crippen molar-refractivity contribution in [2.24, 2.45) is 0 Å². The molecule has 0 bridgehead atoms. The number of carbonyl (C=O) groups excluding carboxylic acids is 2. The predicted molar refractivity (Wildman–Crippen MR) is 118 cm³/mol. The SMILES string of the molecule is CC(C)OC(=O)OCOP(=O)(OCOC(=O)OC(C)C)[C@H](F)c1ccc2sc(C(=O)O)cc2c1. The van der Waals surface area contributed by atoms with Crippen LogP contribution in [0.5, 0.6) is 0 Å². The first-order valence-electron chi connectivity index (χ1n) is 9.87. The molecule has 1 N–H and O–H groups in total. The molecule has 1 heterocycles. The summed E-state index contributed by atoms with van der Waals surface area (Å²) in [6.45, 7) is 4.30. The van der Waals surface area contributed by atoms with Crippen LogP contribution in [0.1, 0.15) is 48.8 Å². The van der Waals surface area contributed by atoms with Crippen molar-refractivity contribution < 1.29 is 56.4 Å². The number of hydrogen-bond acceptors (Lipinski definition) is 11. The van der Waals surface area contributed by atoms with Gasteiger partial charge in [0.25, 0.3) is 0 Å². The molecule has 0 saturated carbocycles. The molecule has 2 rings (SSSR count). The van der Waals surface area contributed by atoms with Crippen LogP contribution in [0.3, 0.4) is 0 Å². The number of halogens is 1. The monoisotopic (exact) mass is 522 g/mol. The van der Waals surface area contributed by atoms with Gasteiger partial charge in [-0.3, -0.25) is 13.6 Å². The molecule has 0 radical (unpaired) electrons. The van der Waals surface area contributed by atoms with Crippen molar-refractivity contribution in [2.75, 3.05) is 13.6 Å². The van der Waals surface area contributed by atoms with E-state index in [0.29, 0.717) is 10.1 Å². The number of rotatable bonds is 11. The van der Waals surface area contributed by atoms with Crippen molar-refractivity contribution in [3.05, 3.63) is 34.7 Å². The summed E-state index contributed by atoms with van der Waals surface area (Å²) in [5.74, 6) is -3.55. The van der Waals surface area contributed by atoms with Gasteiger partial charge in [-0.25, -0.2) is 18.8 Å². The number of alkyl halides is 1. The van der Waals surface area contributed by atoms with Gasteiger partial charge < -0.3 is 24.1 Å². The van der Waals surface area contributed by atoms with Gasteiger partial charge in [0.05, 0.1) is 12.2 Å². The Balaban J connectivity index is 2.19. The van der Waals surface area contributed by atoms with Crippen molar-refractivity contribution in [1.29, 1.82) is 0 Å². The maximum absolute atomic E-state index is 15.4. The van der Waals surface area contributed by atoms with Crippen LogP contribution >= 0.6 is 18.9 Å². The lowest BCUT2D eigenvalue weighted by molar-refractivity contribution is -0.0337. The Morgan fingerprint density at radius 1 is 0.971 bits per heavy atom. The van der Waals surface area contributed by atoms with E-state index in [0.717, 1.165) is 11.3 Å². The minimum absolute atomic E-state index is 0.0346. The number of thiophene rings is 1. The van der Waals surface area contributed by atoms with Gasteiger partial charge in [-0.15, -0.1) is 11.3 Å². The summed E-state index contributed by atoms with van der Waals surface area (Å²) in [6, 6.07) is 5.34. The Hall–Kier alpha value is -2.73. The number of benzene rings is 1. The van der Waals surface area contributed by atoms with Gasteiger partial charge in [0, 0.05) is 4.70 Å². The fraction of sp³-hybridized carbons (Fsp3) is 0.450. The van der Waals surface area contributed by atoms with Crippen LogP contribution in [0.25, 0.3) is 10.1 Å². The van der Waals surface area contributed by atoms with E-state index < -0.39 is 57.6 Å². The number of carboxylic acid groups (broad SMARTS) is 1. The molecule has 1 aromatic heterocycles. The second-order valence-electron chi connectivity index (χ2n) is 7.20. The van der Waals surface area contributed by atoms with Crippen LogP contribution in [0.4, 0.5) is 14.0 Å². The molecule has 0 amide bonds. The Bertz CT molecular complexity index is 1040. The molecule has 0 aliphatic rings. The highest BCUT2D eigenvalue weighted by Gasteiger charge is 2.39. The molecule has 34 heavy (non-hydrogen) atoms. The zero-order valence-electron chi connectivity index (χ0n) is 18.7. The van der Waals surface area contributed by atoms with E-state index in [1.54, 1.807) is 27.7 Å². The fourth-order valence-corrected chi connectivity index (χ4v) is 4.56. The smallest absolute Gasteiger partial charge is 0.477 e. The normalized spacial score (nSPS) is 12.6. The Morgan fingerprint density at radius 3 is 1.97 bits per heavy atom. The molecule has 11 nitrogen and oxygen atoms in total. The number of carbonyl (C=O) groups is 3. The minimum atomic E-state index is -4.75. The fourth-order valence-electron chi connectivity index (χ4n) is 2.41. The molecule has 0 unspecified atom stereocenters. The van der Waals surface area contributed by atoms with Gasteiger partial charge in [0.2, 0.25) is 19.5 Å². The molecule has 0 fully saturated rings. The van der Waals surface area contributed by atoms with Crippen molar-refractivity contribution in [1.82, 2.24) is 0 Å². The minimum Gasteiger partial charge on any atom is -0.477 e. The molecule has 0 aliphatic carbocycles. The summed E-state index contributed by atoms with van der Waals surface area (Å²) in [5, 5.41) is 9.53. The molecular formula is C20H24FO11PS. The third-order valence-corrected chi connectivity index (χ3v) is 6.67. The lowest BCUT2D eigenvalue weighted by Gasteiger charge is -2.22. The summed E-state index contributed by atoms with van der Waals surface area (Å²) in [5.41, 5.74) is -0.167. The van der Waals surface area contributed by atoms with Crippen LogP contribution < -0.4 is 0 Å². The zero-order valence-corrected chi connectivity index (χ0v) is 20.4. The maximum Gasteiger partial charge on any atom is 0.510 e. The third-order valence-electron chi connectivity index (χ3n) is 3.79. The van der Waals surface area contributed by atoms with Crippen LogP contribution in [0.15, 0.2) is 24.3 Å². The van der Waals surface area contributed by atoms with Gasteiger partial charge in [-0.2, -0.15) is 0 Å². The lowest BCUT2D eigenvalue weighted by Crippen LogP contribution is -2.17. The van der Waals surface area contributed by atoms with Crippen LogP contribution in [-0.4, -0.2) is 49.2 Å². The predicted octanol–water partition coefficient (Wildman–Crippen LogP) is 5.83. The third kappa shape index (κ3) is 7.94. The van der Waals surface area contributed by atoms with Crippen LogP contribution in [0, 0.1) is 0 Å². The second-order valence-corrected chi connectivity index (χ2v) is 10.3. The Morgan fingerprint density at radius 2 is 1.50 bits per heavy atom. The van der Waals surface area contributed by atoms with Crippen LogP contribution in [0.2, 0.25) is 0 Å². The van der Waals surface area contributed by atoms with E-state index >= 15 is 4.39 Å². The number of aromatic carboxylic acids is 1. The molecule has 14 heteroatoms. The molecule has 0 saturated heterocycles. The molecule has 1 atom stereocenters. The van der Waals surface area contributed by atoms with Crippen molar-refractivity contribution in [3.8, 4) is 0 Å². The first-order valence-corrected chi connectivity index (χ1v) is 12.3. The lowest BCUT2D eigenvalue weighted by atomic mass is 10.2. The van der Waals surface area contributed by atoms with Gasteiger partial charge in [-0.1, -0.05) is 6.07 Å². The molecule has 0 aliphatic heterocycles. The highest BCUT2D eigenvalue weighted by Crippen LogP contribution is 2.62. The highest BCUT2D eigenvalue weighted by molar-refractivity contribution is 7.54. The molecular weight excluding hydrogens is 498 g/mol. The molecule has 1 aromatic carbocycles. The zero-order chi connectivity index (χ0) is 25.5. The van der Waals surface area contributed by atoms with E-state index in [1.165, 1.54) is 24.3 Å². The van der Waals surface area contributed by atoms with Crippen molar-refractivity contribution in [3.63, 3.8) is 0 Å². The molecule has 0 spiro atoms. The summed E-state index contributed by atoms with van der Waals surface area (Å²) in [6.07, 6.45) is -3.29. The first kappa shape index (κ1) is 27.5. The first-order chi connectivity index (χ1) is 15.9. The topological polar surface area (TPSA) is 144 Å². The van der Waals surface area contributed by atoms with Gasteiger partial charge >= 0.3 is 25.9 Å². The summed E-state index contributed by atoms with van der Waals surface area (Å²) >= 11 is 0.981. The Labute approximate surface area is 198 Å². The van der Waals surface area contributed by atoms with E-state index in [2.05, 4.69) is 9.47 Å². The van der Waals surface area contributed by atoms with Gasteiger partial charge in [0.15, 0.2) is 0 Å². The number of carboxylic acids is 1. The van der Waals surface area contributed by atoms with Crippen molar-refractivity contribution >= 4 is 47.3 Å². The standard InChI is InChI=1S/C20H24FO11PS/c1-11(2)31-19(24)27-9-29-33(26,30-10-28-20(25)32-12(3)4)17(21)13-5-6-15-14(7-13)8-16(34-15)18(22)23/h5-8,11-12,17H,9-10H2,1-4H3,(H,22,23)/t17-/m0/s1. The number of hydrogen-bond donors (Lipinski definition) is 1. The summed E-state index contributed by atoms with van der Waals surface area (Å²) in [7, 11) is -4.75. The average Bonchev–Trinajstić information content (AvgIpc) is 3.16. The quantitative estimate of drug-likeness (QED) is 0.216. The van der Waals surface area contributed by atoms with E-state index in [9.17, 15) is 18.9 Å². The second kappa shape index (κ2) is 12.1. The highest BCUT2D eigenvalue weighted by atomic mass is 32.1. The van der Waals surface area contributed by atoms with E-state index in [-0.39, 0.29) is 10.4 Å². The van der Waals surface area contributed by atoms with E-state index in [1.807, 2.05) is 0 Å². The van der Waals surface area contributed by atoms with Gasteiger partial charge in [0.1, 0.15) is 4.88 Å². The number of ether oxygens (including phenoxy) is 4. The molecule has 2 aromatic rings. The van der Waals surface area contributed by atoms with E-state index in [4.69, 9.17) is 23.6 Å². The summed E-state index contributed by atoms with van der Waals surface area (Å²) < 4.78 is 57.7. The maximum atomic E-state index is 15.4. The summed E-state index contributed by atoms with van der Waals surface area (Å²) in [4.78, 5) is 34.2.